The molecule has 54 valence electrons. The molecule has 0 saturated heterocycles. The van der Waals surface area contributed by atoms with E-state index in [-0.39, 0.29) is 0 Å². The van der Waals surface area contributed by atoms with E-state index in [0.717, 1.165) is 18.7 Å². The van der Waals surface area contributed by atoms with Crippen LogP contribution in [-0.2, 0) is 6.54 Å². The number of nitrogens with two attached hydrogens (primary N) is 1. The molecule has 0 spiro atoms. The Bertz CT molecular complexity index is 176. The van der Waals surface area contributed by atoms with Gasteiger partial charge in [-0.15, -0.1) is 0 Å². The minimum Gasteiger partial charge on any atom is -0.264 e. The third-order valence-corrected chi connectivity index (χ3v) is 1.51. The average Bonchev–Trinajstić information content (AvgIpc) is 2.03. The maximum atomic E-state index is 5.18. The van der Waals surface area contributed by atoms with E-state index in [2.05, 4.69) is 16.9 Å². The summed E-state index contributed by atoms with van der Waals surface area (Å²) in [4.78, 5) is 0. The van der Waals surface area contributed by atoms with Crippen LogP contribution < -0.4 is 9.86 Å². The van der Waals surface area contributed by atoms with Crippen molar-refractivity contribution >= 4 is 12.1 Å². The third kappa shape index (κ3) is 2.39. The second-order valence-corrected chi connectivity index (χ2v) is 2.45. The summed E-state index contributed by atoms with van der Waals surface area (Å²) in [6, 6.07) is 10.1. The van der Waals surface area contributed by atoms with E-state index in [4.69, 9.17) is 5.14 Å². The molecule has 0 atom stereocenters. The van der Waals surface area contributed by atoms with Crippen molar-refractivity contribution in [2.75, 3.05) is 0 Å². The van der Waals surface area contributed by atoms with Crippen LogP contribution in [0.1, 0.15) is 5.56 Å². The molecule has 1 rings (SSSR count). The number of hydrogen-bond donors (Lipinski definition) is 2. The highest BCUT2D eigenvalue weighted by molar-refractivity contribution is 7.95. The van der Waals surface area contributed by atoms with Gasteiger partial charge in [0.05, 0.1) is 0 Å². The third-order valence-electron chi connectivity index (χ3n) is 1.20. The average molecular weight is 154 g/mol. The maximum absolute atomic E-state index is 5.18. The maximum Gasteiger partial charge on any atom is 0.0321 e. The molecule has 0 saturated carbocycles. The van der Waals surface area contributed by atoms with Gasteiger partial charge in [-0.3, -0.25) is 5.14 Å². The van der Waals surface area contributed by atoms with Crippen LogP contribution in [0, 0.1) is 0 Å². The number of nitrogens with one attached hydrogen (secondary N) is 1. The van der Waals surface area contributed by atoms with Crippen LogP contribution in [0.15, 0.2) is 30.3 Å². The normalized spacial score (nSPS) is 9.70. The van der Waals surface area contributed by atoms with Gasteiger partial charge in [0.2, 0.25) is 0 Å². The van der Waals surface area contributed by atoms with Gasteiger partial charge in [0.15, 0.2) is 0 Å². The Morgan fingerprint density at radius 2 is 2.00 bits per heavy atom. The second kappa shape index (κ2) is 4.33. The lowest BCUT2D eigenvalue weighted by atomic mass is 10.2. The highest BCUT2D eigenvalue weighted by Gasteiger charge is 1.86. The van der Waals surface area contributed by atoms with Crippen LogP contribution in [0.2, 0.25) is 0 Å². The van der Waals surface area contributed by atoms with Gasteiger partial charge in [-0.1, -0.05) is 30.3 Å². The Kier molecular flexibility index (Phi) is 3.29. The lowest BCUT2D eigenvalue weighted by Crippen LogP contribution is -2.05. The summed E-state index contributed by atoms with van der Waals surface area (Å²) in [5.74, 6) is 0. The van der Waals surface area contributed by atoms with Crippen molar-refractivity contribution in [3.05, 3.63) is 35.9 Å². The van der Waals surface area contributed by atoms with Gasteiger partial charge >= 0.3 is 0 Å². The van der Waals surface area contributed by atoms with Crippen molar-refractivity contribution in [3.63, 3.8) is 0 Å². The van der Waals surface area contributed by atoms with Gasteiger partial charge in [0, 0.05) is 18.7 Å². The molecule has 3 heteroatoms. The van der Waals surface area contributed by atoms with Crippen LogP contribution in [0.5, 0.6) is 0 Å². The largest absolute Gasteiger partial charge is 0.264 e. The molecule has 1 aromatic carbocycles. The Morgan fingerprint density at radius 3 is 2.60 bits per heavy atom. The lowest BCUT2D eigenvalue weighted by molar-refractivity contribution is 0.977. The van der Waals surface area contributed by atoms with Crippen LogP contribution in [0.25, 0.3) is 0 Å². The number of rotatable bonds is 3. The predicted molar refractivity (Wildman–Crippen MR) is 45.1 cm³/mol. The van der Waals surface area contributed by atoms with E-state index >= 15 is 0 Å². The highest BCUT2D eigenvalue weighted by Crippen LogP contribution is 1.97. The number of benzene rings is 1. The first-order valence-electron chi connectivity index (χ1n) is 3.06. The number of hydrogen-bond acceptors (Lipinski definition) is 3. The Balaban J connectivity index is 2.43. The zero-order valence-electron chi connectivity index (χ0n) is 5.58. The van der Waals surface area contributed by atoms with E-state index in [1.54, 1.807) is 0 Å². The molecule has 0 aliphatic rings. The summed E-state index contributed by atoms with van der Waals surface area (Å²) < 4.78 is 2.96. The van der Waals surface area contributed by atoms with E-state index in [9.17, 15) is 0 Å². The minimum absolute atomic E-state index is 0.821. The molecule has 0 aliphatic carbocycles. The first-order valence-corrected chi connectivity index (χ1v) is 3.94. The van der Waals surface area contributed by atoms with Crippen LogP contribution >= 0.6 is 12.1 Å². The Morgan fingerprint density at radius 1 is 1.30 bits per heavy atom. The molecule has 0 aromatic heterocycles. The quantitative estimate of drug-likeness (QED) is 0.644. The van der Waals surface area contributed by atoms with Gasteiger partial charge in [-0.05, 0) is 5.56 Å². The zero-order chi connectivity index (χ0) is 7.23. The molecule has 0 amide bonds. The van der Waals surface area contributed by atoms with Crippen molar-refractivity contribution in [2.24, 2.45) is 5.14 Å². The molecular weight excluding hydrogens is 144 g/mol. The molecule has 0 fully saturated rings. The fourth-order valence-electron chi connectivity index (χ4n) is 0.721. The smallest absolute Gasteiger partial charge is 0.0321 e. The molecule has 0 radical (unpaired) electrons. The van der Waals surface area contributed by atoms with E-state index in [1.165, 1.54) is 5.56 Å². The first kappa shape index (κ1) is 7.60. The fraction of sp³-hybridized carbons (Fsp3) is 0.143. The van der Waals surface area contributed by atoms with Crippen molar-refractivity contribution in [2.45, 2.75) is 6.54 Å². The van der Waals surface area contributed by atoms with E-state index in [0.29, 0.717) is 0 Å². The van der Waals surface area contributed by atoms with Gasteiger partial charge in [-0.2, -0.15) is 0 Å². The molecule has 0 bridgehead atoms. The van der Waals surface area contributed by atoms with Crippen LogP contribution in [-0.4, -0.2) is 0 Å². The van der Waals surface area contributed by atoms with Gasteiger partial charge in [-0.25, -0.2) is 4.72 Å². The summed E-state index contributed by atoms with van der Waals surface area (Å²) in [5.41, 5.74) is 1.25. The summed E-state index contributed by atoms with van der Waals surface area (Å²) in [5, 5.41) is 5.18. The SMILES string of the molecule is NSNCc1ccccc1. The Hall–Kier alpha value is -0.510. The molecule has 0 aliphatic heterocycles. The van der Waals surface area contributed by atoms with Gasteiger partial charge in [0.25, 0.3) is 0 Å². The summed E-state index contributed by atoms with van der Waals surface area (Å²) >= 11 is 1.15. The fourth-order valence-corrected chi connectivity index (χ4v) is 0.971. The van der Waals surface area contributed by atoms with Crippen molar-refractivity contribution in [1.29, 1.82) is 0 Å². The molecule has 1 aromatic rings. The predicted octanol–water partition coefficient (Wildman–Crippen LogP) is 1.30. The second-order valence-electron chi connectivity index (χ2n) is 1.92. The molecule has 0 unspecified atom stereocenters. The minimum atomic E-state index is 0.821. The summed E-state index contributed by atoms with van der Waals surface area (Å²) in [6.07, 6.45) is 0. The van der Waals surface area contributed by atoms with Gasteiger partial charge in [0.1, 0.15) is 0 Å². The molecular formula is C7H10N2S. The van der Waals surface area contributed by atoms with Crippen LogP contribution in [0.4, 0.5) is 0 Å². The lowest BCUT2D eigenvalue weighted by Gasteiger charge is -1.98. The van der Waals surface area contributed by atoms with Gasteiger partial charge < -0.3 is 0 Å². The van der Waals surface area contributed by atoms with Crippen molar-refractivity contribution < 1.29 is 0 Å². The molecule has 10 heavy (non-hydrogen) atoms. The van der Waals surface area contributed by atoms with E-state index in [1.807, 2.05) is 18.2 Å². The Labute approximate surface area is 65.1 Å². The van der Waals surface area contributed by atoms with Crippen molar-refractivity contribution in [1.82, 2.24) is 4.72 Å². The molecule has 3 N–H and O–H groups in total. The summed E-state index contributed by atoms with van der Waals surface area (Å²) in [6.45, 7) is 0.821. The van der Waals surface area contributed by atoms with Crippen LogP contribution in [0.3, 0.4) is 0 Å². The standard InChI is InChI=1S/C7H10N2S/c8-10-9-6-7-4-2-1-3-5-7/h1-5,9H,6,8H2. The van der Waals surface area contributed by atoms with Crippen molar-refractivity contribution in [3.8, 4) is 0 Å². The zero-order valence-corrected chi connectivity index (χ0v) is 6.40. The first-order chi connectivity index (χ1) is 4.93. The topological polar surface area (TPSA) is 38.0 Å². The highest BCUT2D eigenvalue weighted by atomic mass is 32.2. The molecule has 0 heterocycles. The molecule has 2 nitrogen and oxygen atoms in total. The summed E-state index contributed by atoms with van der Waals surface area (Å²) in [7, 11) is 0. The van der Waals surface area contributed by atoms with E-state index < -0.39 is 0 Å². The monoisotopic (exact) mass is 154 g/mol.